The zero-order valence-corrected chi connectivity index (χ0v) is 12.7. The normalized spacial score (nSPS) is 31.6. The van der Waals surface area contributed by atoms with Gasteiger partial charge in [-0.25, -0.2) is 4.98 Å². The van der Waals surface area contributed by atoms with Gasteiger partial charge >= 0.3 is 0 Å². The molecule has 19 heavy (non-hydrogen) atoms. The average molecular weight is 280 g/mol. The third-order valence-corrected chi connectivity index (χ3v) is 5.30. The minimum absolute atomic E-state index is 0.540. The lowest BCUT2D eigenvalue weighted by molar-refractivity contribution is -0.00289. The third-order valence-electron chi connectivity index (χ3n) is 4.31. The number of hydrogen-bond acceptors (Lipinski definition) is 5. The van der Waals surface area contributed by atoms with E-state index >= 15 is 0 Å². The van der Waals surface area contributed by atoms with Crippen molar-refractivity contribution in [3.63, 3.8) is 0 Å². The van der Waals surface area contributed by atoms with Crippen LogP contribution in [0, 0.1) is 6.92 Å². The Hall–Kier alpha value is -0.490. The maximum atomic E-state index is 4.64. The molecule has 1 aromatic heterocycles. The summed E-state index contributed by atoms with van der Waals surface area (Å²) in [5, 5.41) is 7.13. The summed E-state index contributed by atoms with van der Waals surface area (Å²) in [6, 6.07) is 1.20. The summed E-state index contributed by atoms with van der Waals surface area (Å²) >= 11 is 1.80. The lowest BCUT2D eigenvalue weighted by Gasteiger charge is -2.50. The number of nitrogens with one attached hydrogen (secondary N) is 1. The van der Waals surface area contributed by atoms with Gasteiger partial charge in [-0.05, 0) is 13.5 Å². The van der Waals surface area contributed by atoms with Gasteiger partial charge < -0.3 is 5.32 Å². The second kappa shape index (κ2) is 5.87. The fraction of sp³-hybridized carbons (Fsp3) is 0.786. The molecule has 3 aliphatic heterocycles. The average Bonchev–Trinajstić information content (AvgIpc) is 2.85. The highest BCUT2D eigenvalue weighted by atomic mass is 32.1. The summed E-state index contributed by atoms with van der Waals surface area (Å²) in [6.07, 6.45) is 1.07. The number of hydrogen-bond donors (Lipinski definition) is 1. The van der Waals surface area contributed by atoms with Crippen LogP contribution in [0.2, 0.25) is 0 Å². The number of aromatic nitrogens is 1. The highest BCUT2D eigenvalue weighted by molar-refractivity contribution is 7.09. The number of rotatable bonds is 5. The predicted molar refractivity (Wildman–Crippen MR) is 79.8 cm³/mol. The molecule has 0 aromatic carbocycles. The Morgan fingerprint density at radius 1 is 1.42 bits per heavy atom. The van der Waals surface area contributed by atoms with Gasteiger partial charge in [0.15, 0.2) is 0 Å². The van der Waals surface area contributed by atoms with E-state index in [2.05, 4.69) is 39.3 Å². The predicted octanol–water partition coefficient (Wildman–Crippen LogP) is 0.972. The Bertz CT molecular complexity index is 411. The van der Waals surface area contributed by atoms with Crippen LogP contribution in [-0.2, 0) is 6.42 Å². The molecule has 5 heteroatoms. The van der Waals surface area contributed by atoms with E-state index in [1.54, 1.807) is 11.3 Å². The second-order valence-electron chi connectivity index (χ2n) is 5.65. The van der Waals surface area contributed by atoms with E-state index in [4.69, 9.17) is 0 Å². The Kier molecular flexibility index (Phi) is 4.17. The largest absolute Gasteiger partial charge is 0.312 e. The van der Waals surface area contributed by atoms with Crippen molar-refractivity contribution >= 4 is 11.3 Å². The molecule has 2 unspecified atom stereocenters. The van der Waals surface area contributed by atoms with E-state index < -0.39 is 0 Å². The lowest BCUT2D eigenvalue weighted by atomic mass is 9.97. The van der Waals surface area contributed by atoms with Gasteiger partial charge in [-0.3, -0.25) is 9.80 Å². The molecule has 4 rings (SSSR count). The fourth-order valence-electron chi connectivity index (χ4n) is 3.33. The molecule has 2 atom stereocenters. The molecular weight excluding hydrogens is 256 g/mol. The van der Waals surface area contributed by atoms with Gasteiger partial charge in [0.25, 0.3) is 0 Å². The Labute approximate surface area is 119 Å². The summed E-state index contributed by atoms with van der Waals surface area (Å²) in [7, 11) is 0. The topological polar surface area (TPSA) is 31.4 Å². The van der Waals surface area contributed by atoms with Gasteiger partial charge in [0.05, 0.1) is 5.01 Å². The van der Waals surface area contributed by atoms with Crippen molar-refractivity contribution in [2.75, 3.05) is 39.3 Å². The summed E-state index contributed by atoms with van der Waals surface area (Å²) in [5.41, 5.74) is 1.16. The molecule has 3 aliphatic rings. The smallest absolute Gasteiger partial charge is 0.0944 e. The van der Waals surface area contributed by atoms with Gasteiger partial charge in [0.1, 0.15) is 0 Å². The van der Waals surface area contributed by atoms with Gasteiger partial charge in [0, 0.05) is 62.3 Å². The van der Waals surface area contributed by atoms with Crippen molar-refractivity contribution in [1.82, 2.24) is 20.1 Å². The molecule has 1 N–H and O–H groups in total. The first-order valence-corrected chi connectivity index (χ1v) is 8.25. The molecule has 0 radical (unpaired) electrons. The van der Waals surface area contributed by atoms with Crippen molar-refractivity contribution in [2.24, 2.45) is 0 Å². The van der Waals surface area contributed by atoms with Crippen molar-refractivity contribution in [3.8, 4) is 0 Å². The first kappa shape index (κ1) is 13.5. The van der Waals surface area contributed by atoms with Crippen LogP contribution in [0.1, 0.15) is 17.6 Å². The number of nitrogens with zero attached hydrogens (tertiary/aromatic N) is 3. The number of thiazole rings is 1. The van der Waals surface area contributed by atoms with Crippen LogP contribution in [0.4, 0.5) is 0 Å². The molecule has 3 saturated heterocycles. The number of piperazine rings is 3. The van der Waals surface area contributed by atoms with Crippen LogP contribution < -0.4 is 5.32 Å². The van der Waals surface area contributed by atoms with Crippen molar-refractivity contribution in [1.29, 1.82) is 0 Å². The van der Waals surface area contributed by atoms with E-state index in [1.165, 1.54) is 37.7 Å². The molecule has 0 saturated carbocycles. The zero-order chi connectivity index (χ0) is 13.2. The summed E-state index contributed by atoms with van der Waals surface area (Å²) < 4.78 is 0. The van der Waals surface area contributed by atoms with Crippen molar-refractivity contribution in [2.45, 2.75) is 32.4 Å². The highest BCUT2D eigenvalue weighted by Gasteiger charge is 2.36. The molecule has 0 amide bonds. The molecule has 0 aliphatic carbocycles. The maximum absolute atomic E-state index is 4.64. The Morgan fingerprint density at radius 3 is 2.74 bits per heavy atom. The zero-order valence-electron chi connectivity index (χ0n) is 11.9. The third kappa shape index (κ3) is 2.99. The molecule has 4 nitrogen and oxygen atoms in total. The van der Waals surface area contributed by atoms with E-state index in [-0.39, 0.29) is 0 Å². The van der Waals surface area contributed by atoms with Crippen LogP contribution in [-0.4, -0.2) is 66.1 Å². The first-order chi connectivity index (χ1) is 9.26. The minimum atomic E-state index is 0.540. The van der Waals surface area contributed by atoms with E-state index in [0.29, 0.717) is 12.1 Å². The molecule has 0 spiro atoms. The van der Waals surface area contributed by atoms with Gasteiger partial charge in [-0.15, -0.1) is 11.3 Å². The maximum Gasteiger partial charge on any atom is 0.0944 e. The molecule has 4 heterocycles. The molecule has 2 bridgehead atoms. The quantitative estimate of drug-likeness (QED) is 0.871. The Morgan fingerprint density at radius 2 is 2.21 bits per heavy atom. The van der Waals surface area contributed by atoms with Crippen molar-refractivity contribution < 1.29 is 0 Å². The van der Waals surface area contributed by atoms with Crippen LogP contribution in [0.5, 0.6) is 0 Å². The van der Waals surface area contributed by atoms with E-state index in [9.17, 15) is 0 Å². The monoisotopic (exact) mass is 280 g/mol. The van der Waals surface area contributed by atoms with Crippen LogP contribution in [0.3, 0.4) is 0 Å². The second-order valence-corrected chi connectivity index (χ2v) is 6.60. The lowest BCUT2D eigenvalue weighted by Crippen LogP contribution is -2.66. The molecule has 106 valence electrons. The van der Waals surface area contributed by atoms with Crippen LogP contribution in [0.25, 0.3) is 0 Å². The molecule has 1 aromatic rings. The number of likely N-dealkylation sites (N-methyl/N-ethyl adjacent to an activating group) is 1. The van der Waals surface area contributed by atoms with Gasteiger partial charge in [0.2, 0.25) is 0 Å². The standard InChI is InChI=1S/C14H24N4S/c1-3-15-12(8-14-16-11(2)10-19-14)13-9-17-4-6-18(13)7-5-17/h10,12-13,15H,3-9H2,1-2H3. The van der Waals surface area contributed by atoms with E-state index in [0.717, 1.165) is 18.7 Å². The van der Waals surface area contributed by atoms with Gasteiger partial charge in [-0.1, -0.05) is 6.92 Å². The Balaban J connectivity index is 1.69. The fourth-order valence-corrected chi connectivity index (χ4v) is 4.16. The molecular formula is C14H24N4S. The van der Waals surface area contributed by atoms with E-state index in [1.807, 2.05) is 0 Å². The van der Waals surface area contributed by atoms with Crippen molar-refractivity contribution in [3.05, 3.63) is 16.1 Å². The summed E-state index contributed by atoms with van der Waals surface area (Å²) in [5.74, 6) is 0. The van der Waals surface area contributed by atoms with Gasteiger partial charge in [-0.2, -0.15) is 0 Å². The van der Waals surface area contributed by atoms with Crippen LogP contribution in [0.15, 0.2) is 5.38 Å². The minimum Gasteiger partial charge on any atom is -0.312 e. The molecule has 3 fully saturated rings. The highest BCUT2D eigenvalue weighted by Crippen LogP contribution is 2.21. The SMILES string of the molecule is CCNC(Cc1nc(C)cs1)C1CN2CCN1CC2. The number of fused-ring (bicyclic) bond motifs is 3. The summed E-state index contributed by atoms with van der Waals surface area (Å²) in [4.78, 5) is 9.92. The first-order valence-electron chi connectivity index (χ1n) is 7.37. The summed E-state index contributed by atoms with van der Waals surface area (Å²) in [6.45, 7) is 11.5. The van der Waals surface area contributed by atoms with Crippen LogP contribution >= 0.6 is 11.3 Å². The number of aryl methyl sites for hydroxylation is 1.